The molecule has 0 aromatic heterocycles. The largest absolute Gasteiger partial charge is 0.348 e. The summed E-state index contributed by atoms with van der Waals surface area (Å²) >= 11 is 0. The van der Waals surface area contributed by atoms with Crippen LogP contribution in [0.15, 0.2) is 78.9 Å². The summed E-state index contributed by atoms with van der Waals surface area (Å²) in [7, 11) is 0. The van der Waals surface area contributed by atoms with Crippen LogP contribution in [0.4, 0.5) is 4.39 Å². The summed E-state index contributed by atoms with van der Waals surface area (Å²) in [5, 5.41) is 5.61. The molecule has 0 unspecified atom stereocenters. The molecule has 0 aliphatic carbocycles. The monoisotopic (exact) mass is 362 g/mol. The van der Waals surface area contributed by atoms with Crippen LogP contribution in [0.2, 0.25) is 0 Å². The van der Waals surface area contributed by atoms with Gasteiger partial charge in [-0.3, -0.25) is 9.59 Å². The van der Waals surface area contributed by atoms with E-state index >= 15 is 0 Å². The Balaban J connectivity index is 1.53. The van der Waals surface area contributed by atoms with Gasteiger partial charge in [-0.05, 0) is 47.5 Å². The number of carbonyl (C=O) groups is 2. The first-order valence-electron chi connectivity index (χ1n) is 8.56. The molecule has 0 spiro atoms. The molecule has 3 aromatic carbocycles. The van der Waals surface area contributed by atoms with E-state index in [0.717, 1.165) is 11.1 Å². The molecule has 0 bridgehead atoms. The van der Waals surface area contributed by atoms with Gasteiger partial charge in [-0.1, -0.05) is 42.5 Å². The molecule has 4 nitrogen and oxygen atoms in total. The molecule has 0 saturated heterocycles. The van der Waals surface area contributed by atoms with Crippen LogP contribution in [-0.2, 0) is 13.1 Å². The molecule has 2 N–H and O–H groups in total. The molecule has 3 rings (SSSR count). The lowest BCUT2D eigenvalue weighted by molar-refractivity contribution is 0.0939. The van der Waals surface area contributed by atoms with E-state index in [1.165, 1.54) is 12.1 Å². The van der Waals surface area contributed by atoms with E-state index in [4.69, 9.17) is 0 Å². The number of amides is 2. The fourth-order valence-electron chi connectivity index (χ4n) is 2.54. The Morgan fingerprint density at radius 1 is 0.630 bits per heavy atom. The van der Waals surface area contributed by atoms with Crippen molar-refractivity contribution in [1.82, 2.24) is 10.6 Å². The third-order valence-corrected chi connectivity index (χ3v) is 4.07. The maximum atomic E-state index is 12.9. The maximum Gasteiger partial charge on any atom is 0.251 e. The Kier molecular flexibility index (Phi) is 5.94. The average Bonchev–Trinajstić information content (AvgIpc) is 2.72. The first-order chi connectivity index (χ1) is 13.1. The van der Waals surface area contributed by atoms with Crippen LogP contribution in [-0.4, -0.2) is 11.8 Å². The van der Waals surface area contributed by atoms with Crippen molar-refractivity contribution in [3.8, 4) is 0 Å². The first kappa shape index (κ1) is 18.3. The molecule has 0 aliphatic rings. The van der Waals surface area contributed by atoms with Crippen LogP contribution in [0.25, 0.3) is 0 Å². The lowest BCUT2D eigenvalue weighted by Crippen LogP contribution is -2.24. The molecule has 5 heteroatoms. The fourth-order valence-corrected chi connectivity index (χ4v) is 2.54. The van der Waals surface area contributed by atoms with Crippen LogP contribution < -0.4 is 10.6 Å². The molecule has 0 fully saturated rings. The van der Waals surface area contributed by atoms with E-state index in [1.807, 2.05) is 30.3 Å². The first-order valence-corrected chi connectivity index (χ1v) is 8.56. The zero-order chi connectivity index (χ0) is 19.1. The topological polar surface area (TPSA) is 58.2 Å². The predicted molar refractivity (Wildman–Crippen MR) is 102 cm³/mol. The van der Waals surface area contributed by atoms with Gasteiger partial charge in [0.1, 0.15) is 5.82 Å². The second-order valence-electron chi connectivity index (χ2n) is 6.05. The summed E-state index contributed by atoms with van der Waals surface area (Å²) in [5.74, 6) is -0.765. The Labute approximate surface area is 157 Å². The number of hydrogen-bond acceptors (Lipinski definition) is 2. The van der Waals surface area contributed by atoms with Gasteiger partial charge in [0.2, 0.25) is 0 Å². The maximum absolute atomic E-state index is 12.9. The van der Waals surface area contributed by atoms with E-state index in [0.29, 0.717) is 24.2 Å². The highest BCUT2D eigenvalue weighted by molar-refractivity contribution is 5.97. The Hall–Kier alpha value is -3.47. The predicted octanol–water partition coefficient (Wildman–Crippen LogP) is 3.69. The van der Waals surface area contributed by atoms with Gasteiger partial charge < -0.3 is 10.6 Å². The molecule has 0 radical (unpaired) electrons. The standard InChI is InChI=1S/C22H19FN2O2/c23-20-12-6-17(7-13-20)15-25-22(27)19-10-8-18(9-11-19)21(26)24-14-16-4-2-1-3-5-16/h1-13H,14-15H2,(H,24,26)(H,25,27). The lowest BCUT2D eigenvalue weighted by Gasteiger charge is -2.08. The van der Waals surface area contributed by atoms with E-state index in [1.54, 1.807) is 36.4 Å². The van der Waals surface area contributed by atoms with E-state index < -0.39 is 0 Å². The zero-order valence-corrected chi connectivity index (χ0v) is 14.6. The van der Waals surface area contributed by atoms with Crippen LogP contribution in [0.3, 0.4) is 0 Å². The molecule has 0 aliphatic heterocycles. The van der Waals surface area contributed by atoms with Crippen LogP contribution >= 0.6 is 0 Å². The van der Waals surface area contributed by atoms with E-state index in [9.17, 15) is 14.0 Å². The Morgan fingerprint density at radius 2 is 1.07 bits per heavy atom. The highest BCUT2D eigenvalue weighted by Gasteiger charge is 2.09. The SMILES string of the molecule is O=C(NCc1ccccc1)c1ccc(C(=O)NCc2ccc(F)cc2)cc1. The van der Waals surface area contributed by atoms with Crippen molar-refractivity contribution < 1.29 is 14.0 Å². The molecule has 27 heavy (non-hydrogen) atoms. The molecule has 0 atom stereocenters. The van der Waals surface area contributed by atoms with Gasteiger partial charge in [-0.25, -0.2) is 4.39 Å². The van der Waals surface area contributed by atoms with E-state index in [-0.39, 0.29) is 17.6 Å². The van der Waals surface area contributed by atoms with Gasteiger partial charge in [-0.15, -0.1) is 0 Å². The number of hydrogen-bond donors (Lipinski definition) is 2. The lowest BCUT2D eigenvalue weighted by atomic mass is 10.1. The molecule has 0 heterocycles. The summed E-state index contributed by atoms with van der Waals surface area (Å²) in [6.07, 6.45) is 0. The van der Waals surface area contributed by atoms with Gasteiger partial charge in [0.05, 0.1) is 0 Å². The minimum atomic E-state index is -0.314. The molecular formula is C22H19FN2O2. The molecule has 0 saturated carbocycles. The average molecular weight is 362 g/mol. The van der Waals surface area contributed by atoms with Crippen molar-refractivity contribution in [3.05, 3.63) is 107 Å². The second kappa shape index (κ2) is 8.76. The smallest absolute Gasteiger partial charge is 0.251 e. The van der Waals surface area contributed by atoms with Crippen LogP contribution in [0.5, 0.6) is 0 Å². The zero-order valence-electron chi connectivity index (χ0n) is 14.6. The summed E-state index contributed by atoms with van der Waals surface area (Å²) in [5.41, 5.74) is 2.77. The molecule has 2 amide bonds. The van der Waals surface area contributed by atoms with Crippen molar-refractivity contribution in [2.75, 3.05) is 0 Å². The summed E-state index contributed by atoms with van der Waals surface area (Å²) < 4.78 is 12.9. The van der Waals surface area contributed by atoms with Crippen molar-refractivity contribution in [2.45, 2.75) is 13.1 Å². The molecule has 3 aromatic rings. The quantitative estimate of drug-likeness (QED) is 0.703. The van der Waals surface area contributed by atoms with Gasteiger partial charge in [-0.2, -0.15) is 0 Å². The highest BCUT2D eigenvalue weighted by Crippen LogP contribution is 2.07. The summed E-state index contributed by atoms with van der Waals surface area (Å²) in [6.45, 7) is 0.748. The highest BCUT2D eigenvalue weighted by atomic mass is 19.1. The van der Waals surface area contributed by atoms with Gasteiger partial charge in [0.25, 0.3) is 11.8 Å². The number of nitrogens with one attached hydrogen (secondary N) is 2. The van der Waals surface area contributed by atoms with Gasteiger partial charge in [0, 0.05) is 24.2 Å². The van der Waals surface area contributed by atoms with Crippen LogP contribution in [0.1, 0.15) is 31.8 Å². The van der Waals surface area contributed by atoms with Crippen LogP contribution in [0, 0.1) is 5.82 Å². The Morgan fingerprint density at radius 3 is 1.56 bits per heavy atom. The number of halogens is 1. The van der Waals surface area contributed by atoms with Crippen molar-refractivity contribution >= 4 is 11.8 Å². The van der Waals surface area contributed by atoms with Gasteiger partial charge >= 0.3 is 0 Å². The molecule has 136 valence electrons. The van der Waals surface area contributed by atoms with Gasteiger partial charge in [0.15, 0.2) is 0 Å². The van der Waals surface area contributed by atoms with Crippen molar-refractivity contribution in [2.24, 2.45) is 0 Å². The normalized spacial score (nSPS) is 10.3. The Bertz CT molecular complexity index is 907. The van der Waals surface area contributed by atoms with Crippen molar-refractivity contribution in [1.29, 1.82) is 0 Å². The number of benzene rings is 3. The summed E-state index contributed by atoms with van der Waals surface area (Å²) in [4.78, 5) is 24.4. The minimum Gasteiger partial charge on any atom is -0.348 e. The third kappa shape index (κ3) is 5.25. The van der Waals surface area contributed by atoms with E-state index in [2.05, 4.69) is 10.6 Å². The second-order valence-corrected chi connectivity index (χ2v) is 6.05. The number of rotatable bonds is 6. The number of carbonyl (C=O) groups excluding carboxylic acids is 2. The third-order valence-electron chi connectivity index (χ3n) is 4.07. The minimum absolute atomic E-state index is 0.197. The fraction of sp³-hybridized carbons (Fsp3) is 0.0909. The van der Waals surface area contributed by atoms with Crippen molar-refractivity contribution in [3.63, 3.8) is 0 Å². The summed E-state index contributed by atoms with van der Waals surface area (Å²) in [6, 6.07) is 22.0. The molecular weight excluding hydrogens is 343 g/mol.